The van der Waals surface area contributed by atoms with Gasteiger partial charge in [-0.2, -0.15) is 5.10 Å². The van der Waals surface area contributed by atoms with E-state index in [0.717, 1.165) is 17.8 Å². The molecule has 1 aromatic heterocycles. The van der Waals surface area contributed by atoms with Gasteiger partial charge in [0.2, 0.25) is 0 Å². The molecular weight excluding hydrogens is 224 g/mol. The molecule has 94 valence electrons. The Labute approximate surface area is 107 Å². The quantitative estimate of drug-likeness (QED) is 0.849. The summed E-state index contributed by atoms with van der Waals surface area (Å²) in [6.07, 6.45) is 2.95. The zero-order valence-corrected chi connectivity index (χ0v) is 10.7. The predicted molar refractivity (Wildman–Crippen MR) is 72.3 cm³/mol. The monoisotopic (exact) mass is 242 g/mol. The summed E-state index contributed by atoms with van der Waals surface area (Å²) in [5, 5.41) is 7.90. The maximum atomic E-state index is 6.17. The number of hydrogen-bond donors (Lipinski definition) is 2. The first-order valence-corrected chi connectivity index (χ1v) is 6.26. The van der Waals surface area contributed by atoms with Crippen molar-refractivity contribution in [2.75, 3.05) is 5.32 Å². The van der Waals surface area contributed by atoms with Crippen LogP contribution in [0.15, 0.2) is 30.5 Å². The molecule has 4 nitrogen and oxygen atoms in total. The van der Waals surface area contributed by atoms with E-state index in [1.54, 1.807) is 0 Å². The van der Waals surface area contributed by atoms with Crippen LogP contribution in [-0.2, 0) is 7.05 Å². The van der Waals surface area contributed by atoms with Gasteiger partial charge in [-0.05, 0) is 24.5 Å². The van der Waals surface area contributed by atoms with Gasteiger partial charge in [-0.1, -0.05) is 24.3 Å². The Kier molecular flexibility index (Phi) is 2.59. The molecule has 0 radical (unpaired) electrons. The lowest BCUT2D eigenvalue weighted by Gasteiger charge is -2.14. The van der Waals surface area contributed by atoms with Crippen molar-refractivity contribution in [3.8, 4) is 0 Å². The highest BCUT2D eigenvalue weighted by Gasteiger charge is 2.28. The van der Waals surface area contributed by atoms with E-state index in [1.165, 1.54) is 11.1 Å². The van der Waals surface area contributed by atoms with Crippen molar-refractivity contribution in [3.05, 3.63) is 47.3 Å². The second kappa shape index (κ2) is 4.14. The topological polar surface area (TPSA) is 55.9 Å². The lowest BCUT2D eigenvalue weighted by molar-refractivity contribution is 0.648. The van der Waals surface area contributed by atoms with E-state index in [2.05, 4.69) is 34.7 Å². The van der Waals surface area contributed by atoms with Crippen molar-refractivity contribution in [2.45, 2.75) is 25.4 Å². The van der Waals surface area contributed by atoms with Crippen LogP contribution in [0.3, 0.4) is 0 Å². The number of anilines is 1. The summed E-state index contributed by atoms with van der Waals surface area (Å²) in [6.45, 7) is 2.02. The number of fused-ring (bicyclic) bond motifs is 1. The lowest BCUT2D eigenvalue weighted by atomic mass is 10.1. The van der Waals surface area contributed by atoms with Crippen LogP contribution < -0.4 is 11.1 Å². The van der Waals surface area contributed by atoms with Crippen LogP contribution in [-0.4, -0.2) is 9.78 Å². The minimum atomic E-state index is 0.135. The van der Waals surface area contributed by atoms with Gasteiger partial charge in [-0.15, -0.1) is 0 Å². The van der Waals surface area contributed by atoms with Crippen molar-refractivity contribution in [1.29, 1.82) is 0 Å². The highest BCUT2D eigenvalue weighted by Crippen LogP contribution is 2.39. The molecule has 2 unspecified atom stereocenters. The van der Waals surface area contributed by atoms with Crippen LogP contribution in [0, 0.1) is 6.92 Å². The van der Waals surface area contributed by atoms with Crippen molar-refractivity contribution >= 4 is 5.69 Å². The van der Waals surface area contributed by atoms with Gasteiger partial charge in [0.1, 0.15) is 0 Å². The van der Waals surface area contributed by atoms with E-state index >= 15 is 0 Å². The molecule has 1 aromatic carbocycles. The van der Waals surface area contributed by atoms with Crippen LogP contribution in [0.2, 0.25) is 0 Å². The molecule has 0 saturated carbocycles. The molecule has 0 bridgehead atoms. The largest absolute Gasteiger partial charge is 0.375 e. The van der Waals surface area contributed by atoms with Gasteiger partial charge < -0.3 is 11.1 Å². The number of aromatic nitrogens is 2. The summed E-state index contributed by atoms with van der Waals surface area (Å²) in [7, 11) is 1.94. The first-order chi connectivity index (χ1) is 8.65. The number of aryl methyl sites for hydroxylation is 2. The van der Waals surface area contributed by atoms with Crippen LogP contribution in [0.1, 0.15) is 35.3 Å². The maximum absolute atomic E-state index is 6.17. The summed E-state index contributed by atoms with van der Waals surface area (Å²) in [5.41, 5.74) is 10.9. The molecule has 18 heavy (non-hydrogen) atoms. The maximum Gasteiger partial charge on any atom is 0.0825 e. The van der Waals surface area contributed by atoms with Crippen molar-refractivity contribution in [3.63, 3.8) is 0 Å². The minimum Gasteiger partial charge on any atom is -0.375 e. The Morgan fingerprint density at radius 2 is 2.06 bits per heavy atom. The Bertz CT molecular complexity index is 573. The molecule has 4 heteroatoms. The van der Waals surface area contributed by atoms with Gasteiger partial charge in [0.05, 0.1) is 17.4 Å². The predicted octanol–water partition coefficient (Wildman–Crippen LogP) is 2.29. The Morgan fingerprint density at radius 3 is 2.72 bits per heavy atom. The third-order valence-corrected chi connectivity index (χ3v) is 3.60. The highest BCUT2D eigenvalue weighted by molar-refractivity contribution is 5.50. The van der Waals surface area contributed by atoms with Gasteiger partial charge in [-0.3, -0.25) is 4.68 Å². The minimum absolute atomic E-state index is 0.135. The molecule has 0 aliphatic heterocycles. The summed E-state index contributed by atoms with van der Waals surface area (Å²) >= 11 is 0. The van der Waals surface area contributed by atoms with Crippen LogP contribution in [0.25, 0.3) is 0 Å². The number of nitrogens with two attached hydrogens (primary N) is 1. The number of nitrogens with one attached hydrogen (secondary N) is 1. The van der Waals surface area contributed by atoms with Crippen molar-refractivity contribution in [2.24, 2.45) is 12.8 Å². The molecule has 0 spiro atoms. The van der Waals surface area contributed by atoms with Gasteiger partial charge in [0, 0.05) is 19.3 Å². The highest BCUT2D eigenvalue weighted by atomic mass is 15.3. The van der Waals surface area contributed by atoms with E-state index in [1.807, 2.05) is 24.9 Å². The van der Waals surface area contributed by atoms with Gasteiger partial charge >= 0.3 is 0 Å². The number of hydrogen-bond acceptors (Lipinski definition) is 3. The molecule has 3 rings (SSSR count). The van der Waals surface area contributed by atoms with E-state index in [-0.39, 0.29) is 6.04 Å². The van der Waals surface area contributed by atoms with E-state index in [9.17, 15) is 0 Å². The fourth-order valence-electron chi connectivity index (χ4n) is 2.74. The van der Waals surface area contributed by atoms with E-state index < -0.39 is 0 Å². The SMILES string of the molecule is Cc1nn(C)cc1NC1CC(N)c2ccccc21. The summed E-state index contributed by atoms with van der Waals surface area (Å²) in [4.78, 5) is 0. The van der Waals surface area contributed by atoms with Crippen molar-refractivity contribution < 1.29 is 0 Å². The first kappa shape index (κ1) is 11.3. The lowest BCUT2D eigenvalue weighted by Crippen LogP contribution is -2.10. The van der Waals surface area contributed by atoms with Crippen molar-refractivity contribution in [1.82, 2.24) is 9.78 Å². The average Bonchev–Trinajstić information content (AvgIpc) is 2.82. The van der Waals surface area contributed by atoms with Gasteiger partial charge in [-0.25, -0.2) is 0 Å². The summed E-state index contributed by atoms with van der Waals surface area (Å²) in [6, 6.07) is 8.83. The van der Waals surface area contributed by atoms with Crippen LogP contribution in [0.4, 0.5) is 5.69 Å². The van der Waals surface area contributed by atoms with Crippen LogP contribution in [0.5, 0.6) is 0 Å². The summed E-state index contributed by atoms with van der Waals surface area (Å²) < 4.78 is 1.83. The Hall–Kier alpha value is -1.81. The molecular formula is C14H18N4. The molecule has 0 fully saturated rings. The standard InChI is InChI=1S/C14H18N4/c1-9-14(8-18(2)17-9)16-13-7-12(15)10-5-3-4-6-11(10)13/h3-6,8,12-13,16H,7,15H2,1-2H3. The fraction of sp³-hybridized carbons (Fsp3) is 0.357. The fourth-order valence-corrected chi connectivity index (χ4v) is 2.74. The summed E-state index contributed by atoms with van der Waals surface area (Å²) in [5.74, 6) is 0. The molecule has 1 heterocycles. The number of nitrogens with zero attached hydrogens (tertiary/aromatic N) is 2. The Morgan fingerprint density at radius 1 is 1.33 bits per heavy atom. The van der Waals surface area contributed by atoms with E-state index in [0.29, 0.717) is 6.04 Å². The molecule has 2 atom stereocenters. The van der Waals surface area contributed by atoms with E-state index in [4.69, 9.17) is 5.73 Å². The second-order valence-corrected chi connectivity index (χ2v) is 4.97. The van der Waals surface area contributed by atoms with Gasteiger partial charge in [0.15, 0.2) is 0 Å². The molecule has 0 amide bonds. The molecule has 1 aliphatic carbocycles. The molecule has 2 aromatic rings. The first-order valence-electron chi connectivity index (χ1n) is 6.26. The second-order valence-electron chi connectivity index (χ2n) is 4.97. The number of rotatable bonds is 2. The van der Waals surface area contributed by atoms with Crippen LogP contribution >= 0.6 is 0 Å². The smallest absolute Gasteiger partial charge is 0.0825 e. The van der Waals surface area contributed by atoms with Gasteiger partial charge in [0.25, 0.3) is 0 Å². The molecule has 1 aliphatic rings. The molecule has 3 N–H and O–H groups in total. The zero-order valence-electron chi connectivity index (χ0n) is 10.7. The Balaban J connectivity index is 1.89. The zero-order chi connectivity index (χ0) is 12.7. The number of benzene rings is 1. The molecule has 0 saturated heterocycles. The normalized spacial score (nSPS) is 21.9. The third kappa shape index (κ3) is 1.78. The third-order valence-electron chi connectivity index (χ3n) is 3.60. The average molecular weight is 242 g/mol.